The summed E-state index contributed by atoms with van der Waals surface area (Å²) in [6.07, 6.45) is 6.42. The van der Waals surface area contributed by atoms with Crippen LogP contribution in [0.25, 0.3) is 0 Å². The molecule has 3 nitrogen and oxygen atoms in total. The molecule has 0 aromatic carbocycles. The maximum atomic E-state index is 4.27. The summed E-state index contributed by atoms with van der Waals surface area (Å²) in [6, 6.07) is 2.17. The third-order valence-electron chi connectivity index (χ3n) is 3.28. The molecule has 1 aliphatic rings. The van der Waals surface area contributed by atoms with Gasteiger partial charge in [-0.3, -0.25) is 4.98 Å². The molecule has 2 heterocycles. The van der Waals surface area contributed by atoms with Crippen molar-refractivity contribution in [3.63, 3.8) is 0 Å². The summed E-state index contributed by atoms with van der Waals surface area (Å²) in [4.78, 5) is 6.72. The van der Waals surface area contributed by atoms with Gasteiger partial charge in [-0.25, -0.2) is 0 Å². The predicted octanol–water partition coefficient (Wildman–Crippen LogP) is 2.75. The highest BCUT2D eigenvalue weighted by atomic mass is 15.1. The molecule has 88 valence electrons. The molecule has 3 heteroatoms. The van der Waals surface area contributed by atoms with E-state index in [2.05, 4.69) is 35.1 Å². The quantitative estimate of drug-likeness (QED) is 0.829. The Labute approximate surface area is 97.9 Å². The highest BCUT2D eigenvalue weighted by Crippen LogP contribution is 2.31. The zero-order valence-electron chi connectivity index (χ0n) is 10.5. The minimum absolute atomic E-state index is 0.425. The topological polar surface area (TPSA) is 28.2 Å². The Morgan fingerprint density at radius 2 is 2.19 bits per heavy atom. The van der Waals surface area contributed by atoms with Gasteiger partial charge in [0, 0.05) is 20.1 Å². The van der Waals surface area contributed by atoms with Crippen LogP contribution in [0.4, 0.5) is 11.4 Å². The molecule has 16 heavy (non-hydrogen) atoms. The van der Waals surface area contributed by atoms with E-state index in [0.717, 1.165) is 18.8 Å². The van der Waals surface area contributed by atoms with Gasteiger partial charge in [-0.05, 0) is 24.3 Å². The summed E-state index contributed by atoms with van der Waals surface area (Å²) in [6.45, 7) is 6.96. The van der Waals surface area contributed by atoms with Gasteiger partial charge in [0.2, 0.25) is 0 Å². The Bertz CT molecular complexity index is 360. The van der Waals surface area contributed by atoms with Crippen LogP contribution in [0.15, 0.2) is 18.5 Å². The van der Waals surface area contributed by atoms with Crippen molar-refractivity contribution in [1.82, 2.24) is 4.98 Å². The van der Waals surface area contributed by atoms with Crippen LogP contribution in [-0.2, 0) is 0 Å². The van der Waals surface area contributed by atoms with Crippen LogP contribution >= 0.6 is 0 Å². The normalized spacial score (nSPS) is 19.6. The van der Waals surface area contributed by atoms with E-state index in [4.69, 9.17) is 0 Å². The smallest absolute Gasteiger partial charge is 0.0573 e. The predicted molar refractivity (Wildman–Crippen MR) is 69.0 cm³/mol. The maximum Gasteiger partial charge on any atom is 0.0573 e. The number of hydrogen-bond donors (Lipinski definition) is 1. The van der Waals surface area contributed by atoms with Crippen molar-refractivity contribution in [1.29, 1.82) is 0 Å². The minimum Gasteiger partial charge on any atom is -0.387 e. The van der Waals surface area contributed by atoms with Gasteiger partial charge in [-0.15, -0.1) is 0 Å². The average molecular weight is 219 g/mol. The molecule has 0 bridgehead atoms. The summed E-state index contributed by atoms with van der Waals surface area (Å²) in [7, 11) is 1.93. The molecule has 0 atom stereocenters. The largest absolute Gasteiger partial charge is 0.387 e. The first kappa shape index (κ1) is 11.2. The van der Waals surface area contributed by atoms with E-state index < -0.39 is 0 Å². The van der Waals surface area contributed by atoms with Crippen molar-refractivity contribution in [3.8, 4) is 0 Å². The fraction of sp³-hybridized carbons (Fsp3) is 0.615. The van der Waals surface area contributed by atoms with Crippen LogP contribution in [0.5, 0.6) is 0 Å². The van der Waals surface area contributed by atoms with Gasteiger partial charge in [0.15, 0.2) is 0 Å². The first-order valence-corrected chi connectivity index (χ1v) is 5.98. The summed E-state index contributed by atoms with van der Waals surface area (Å²) >= 11 is 0. The SMILES string of the molecule is CNc1cncc(N2CCCC(C)(C)C2)c1. The molecule has 1 N–H and O–H groups in total. The molecule has 0 spiro atoms. The summed E-state index contributed by atoms with van der Waals surface area (Å²) in [5.41, 5.74) is 2.74. The zero-order valence-corrected chi connectivity index (χ0v) is 10.5. The molecule has 1 fully saturated rings. The van der Waals surface area contributed by atoms with Crippen LogP contribution in [0.2, 0.25) is 0 Å². The first-order valence-electron chi connectivity index (χ1n) is 5.98. The molecule has 0 saturated carbocycles. The summed E-state index contributed by atoms with van der Waals surface area (Å²) < 4.78 is 0. The molecular weight excluding hydrogens is 198 g/mol. The van der Waals surface area contributed by atoms with Crippen LogP contribution in [0.1, 0.15) is 26.7 Å². The number of piperidine rings is 1. The van der Waals surface area contributed by atoms with E-state index in [1.165, 1.54) is 18.5 Å². The lowest BCUT2D eigenvalue weighted by Crippen LogP contribution is -2.40. The van der Waals surface area contributed by atoms with Crippen molar-refractivity contribution < 1.29 is 0 Å². The Hall–Kier alpha value is -1.25. The van der Waals surface area contributed by atoms with Crippen molar-refractivity contribution in [2.45, 2.75) is 26.7 Å². The van der Waals surface area contributed by atoms with Gasteiger partial charge in [0.05, 0.1) is 23.8 Å². The maximum absolute atomic E-state index is 4.27. The second-order valence-corrected chi connectivity index (χ2v) is 5.37. The van der Waals surface area contributed by atoms with Crippen molar-refractivity contribution in [3.05, 3.63) is 18.5 Å². The molecule has 0 amide bonds. The van der Waals surface area contributed by atoms with E-state index in [-0.39, 0.29) is 0 Å². The van der Waals surface area contributed by atoms with Gasteiger partial charge in [0.1, 0.15) is 0 Å². The van der Waals surface area contributed by atoms with Crippen LogP contribution in [0, 0.1) is 5.41 Å². The second kappa shape index (κ2) is 4.32. The third-order valence-corrected chi connectivity index (χ3v) is 3.28. The molecule has 0 aliphatic carbocycles. The van der Waals surface area contributed by atoms with E-state index in [0.29, 0.717) is 5.41 Å². The number of pyridine rings is 1. The van der Waals surface area contributed by atoms with E-state index in [9.17, 15) is 0 Å². The van der Waals surface area contributed by atoms with Gasteiger partial charge in [0.25, 0.3) is 0 Å². The summed E-state index contributed by atoms with van der Waals surface area (Å²) in [5.74, 6) is 0. The number of aromatic nitrogens is 1. The number of nitrogens with zero attached hydrogens (tertiary/aromatic N) is 2. The highest BCUT2D eigenvalue weighted by Gasteiger charge is 2.26. The lowest BCUT2D eigenvalue weighted by atomic mass is 9.84. The monoisotopic (exact) mass is 219 g/mol. The average Bonchev–Trinajstić information content (AvgIpc) is 2.28. The Morgan fingerprint density at radius 1 is 1.38 bits per heavy atom. The van der Waals surface area contributed by atoms with Gasteiger partial charge in [-0.1, -0.05) is 13.8 Å². The van der Waals surface area contributed by atoms with Gasteiger partial charge >= 0.3 is 0 Å². The standard InChI is InChI=1S/C13H21N3/c1-13(2)5-4-6-16(10-13)12-7-11(14-3)8-15-9-12/h7-9,14H,4-6,10H2,1-3H3. The zero-order chi connectivity index (χ0) is 11.6. The van der Waals surface area contributed by atoms with E-state index >= 15 is 0 Å². The van der Waals surface area contributed by atoms with Crippen LogP contribution in [0.3, 0.4) is 0 Å². The summed E-state index contributed by atoms with van der Waals surface area (Å²) in [5, 5.41) is 3.14. The number of hydrogen-bond acceptors (Lipinski definition) is 3. The number of nitrogens with one attached hydrogen (secondary N) is 1. The fourth-order valence-electron chi connectivity index (χ4n) is 2.38. The van der Waals surface area contributed by atoms with E-state index in [1.807, 2.05) is 19.4 Å². The fourth-order valence-corrected chi connectivity index (χ4v) is 2.38. The van der Waals surface area contributed by atoms with E-state index in [1.54, 1.807) is 0 Å². The Morgan fingerprint density at radius 3 is 2.88 bits per heavy atom. The second-order valence-electron chi connectivity index (χ2n) is 5.37. The lowest BCUT2D eigenvalue weighted by molar-refractivity contribution is 0.293. The molecule has 1 aromatic heterocycles. The van der Waals surface area contributed by atoms with Crippen LogP contribution in [-0.4, -0.2) is 25.1 Å². The van der Waals surface area contributed by atoms with Crippen molar-refractivity contribution in [2.24, 2.45) is 5.41 Å². The van der Waals surface area contributed by atoms with Crippen molar-refractivity contribution in [2.75, 3.05) is 30.4 Å². The lowest BCUT2D eigenvalue weighted by Gasteiger charge is -2.39. The Kier molecular flexibility index (Phi) is 3.03. The van der Waals surface area contributed by atoms with Gasteiger partial charge < -0.3 is 10.2 Å². The Balaban J connectivity index is 2.16. The molecule has 2 rings (SSSR count). The van der Waals surface area contributed by atoms with Crippen molar-refractivity contribution >= 4 is 11.4 Å². The van der Waals surface area contributed by atoms with Crippen LogP contribution < -0.4 is 10.2 Å². The molecular formula is C13H21N3. The number of rotatable bonds is 2. The minimum atomic E-state index is 0.425. The molecule has 1 saturated heterocycles. The third kappa shape index (κ3) is 2.46. The molecule has 0 unspecified atom stereocenters. The molecule has 1 aromatic rings. The molecule has 0 radical (unpaired) electrons. The number of anilines is 2. The highest BCUT2D eigenvalue weighted by molar-refractivity contribution is 5.55. The first-order chi connectivity index (χ1) is 7.61. The van der Waals surface area contributed by atoms with Gasteiger partial charge in [-0.2, -0.15) is 0 Å². The molecule has 1 aliphatic heterocycles.